The summed E-state index contributed by atoms with van der Waals surface area (Å²) in [5, 5.41) is 0.224. The van der Waals surface area contributed by atoms with Crippen molar-refractivity contribution >= 4 is 36.7 Å². The van der Waals surface area contributed by atoms with E-state index in [9.17, 15) is 4.79 Å². The lowest BCUT2D eigenvalue weighted by atomic mass is 9.91. The fourth-order valence-corrected chi connectivity index (χ4v) is 4.22. The Morgan fingerprint density at radius 3 is 2.53 bits per heavy atom. The van der Waals surface area contributed by atoms with Gasteiger partial charge in [-0.15, -0.1) is 0 Å². The van der Waals surface area contributed by atoms with Gasteiger partial charge in [-0.2, -0.15) is 0 Å². The van der Waals surface area contributed by atoms with Crippen molar-refractivity contribution in [2.45, 2.75) is 74.9 Å². The van der Waals surface area contributed by atoms with Crippen LogP contribution < -0.4 is 0 Å². The van der Waals surface area contributed by atoms with Gasteiger partial charge in [-0.05, 0) is 37.4 Å². The molecule has 0 amide bonds. The van der Waals surface area contributed by atoms with E-state index < -0.39 is 8.32 Å². The molecule has 2 unspecified atom stereocenters. The van der Waals surface area contributed by atoms with Gasteiger partial charge in [0, 0.05) is 22.9 Å². The van der Waals surface area contributed by atoms with E-state index in [0.717, 1.165) is 19.3 Å². The highest BCUT2D eigenvalue weighted by atomic mass is 127. The van der Waals surface area contributed by atoms with E-state index in [0.29, 0.717) is 16.3 Å². The SMILES string of the molecule is CC(C)(C)[Si](C)(C)OCC1CC(I)CCCCC1=O. The second-order valence-electron chi connectivity index (χ2n) is 7.31. The summed E-state index contributed by atoms with van der Waals surface area (Å²) in [4.78, 5) is 12.2. The average molecular weight is 396 g/mol. The summed E-state index contributed by atoms with van der Waals surface area (Å²) in [6, 6.07) is 0. The second-order valence-corrected chi connectivity index (χ2v) is 13.9. The third-order valence-electron chi connectivity index (χ3n) is 4.64. The van der Waals surface area contributed by atoms with Crippen molar-refractivity contribution in [1.29, 1.82) is 0 Å². The monoisotopic (exact) mass is 396 g/mol. The molecule has 0 aliphatic heterocycles. The van der Waals surface area contributed by atoms with Crippen LogP contribution in [-0.2, 0) is 9.22 Å². The first kappa shape index (κ1) is 17.6. The predicted molar refractivity (Wildman–Crippen MR) is 92.5 cm³/mol. The predicted octanol–water partition coefficient (Wildman–Crippen LogP) is 4.96. The van der Waals surface area contributed by atoms with Gasteiger partial charge in [-0.3, -0.25) is 4.79 Å². The maximum atomic E-state index is 12.2. The Bertz CT molecular complexity index is 310. The number of ketones is 1. The molecule has 19 heavy (non-hydrogen) atoms. The molecule has 0 aromatic heterocycles. The topological polar surface area (TPSA) is 26.3 Å². The molecule has 0 N–H and O–H groups in total. The molecular weight excluding hydrogens is 367 g/mol. The Kier molecular flexibility index (Phi) is 6.52. The third-order valence-corrected chi connectivity index (χ3v) is 10.3. The summed E-state index contributed by atoms with van der Waals surface area (Å²) in [5.74, 6) is 0.566. The largest absolute Gasteiger partial charge is 0.416 e. The van der Waals surface area contributed by atoms with Crippen molar-refractivity contribution in [2.75, 3.05) is 6.61 Å². The van der Waals surface area contributed by atoms with E-state index in [4.69, 9.17) is 4.43 Å². The van der Waals surface area contributed by atoms with Crippen LogP contribution in [0.5, 0.6) is 0 Å². The van der Waals surface area contributed by atoms with Gasteiger partial charge in [-0.1, -0.05) is 49.8 Å². The van der Waals surface area contributed by atoms with Gasteiger partial charge in [0.25, 0.3) is 0 Å². The third kappa shape index (κ3) is 5.46. The highest BCUT2D eigenvalue weighted by Gasteiger charge is 2.38. The number of alkyl halides is 1. The summed E-state index contributed by atoms with van der Waals surface area (Å²) < 4.78 is 6.90. The molecule has 1 aliphatic carbocycles. The van der Waals surface area contributed by atoms with Crippen LogP contribution in [0.25, 0.3) is 0 Å². The van der Waals surface area contributed by atoms with Crippen LogP contribution >= 0.6 is 22.6 Å². The molecule has 0 aromatic rings. The first-order valence-corrected chi connectivity index (χ1v) is 11.6. The zero-order valence-electron chi connectivity index (χ0n) is 13.1. The molecule has 4 heteroatoms. The summed E-state index contributed by atoms with van der Waals surface area (Å²) in [6.45, 7) is 11.9. The number of carbonyl (C=O) groups is 1. The minimum absolute atomic E-state index is 0.135. The lowest BCUT2D eigenvalue weighted by Gasteiger charge is -2.37. The molecule has 2 nitrogen and oxygen atoms in total. The number of Topliss-reactive ketones (excluding diaryl/α,β-unsaturated/α-hetero) is 1. The standard InChI is InChI=1S/C15H29IO2Si/c1-15(2,3)19(4,5)18-11-12-10-13(16)8-6-7-9-14(12)17/h12-13H,6-11H2,1-5H3. The van der Waals surface area contributed by atoms with Crippen LogP contribution in [0.2, 0.25) is 18.1 Å². The summed E-state index contributed by atoms with van der Waals surface area (Å²) in [7, 11) is -1.72. The molecular formula is C15H29IO2Si. The number of halogens is 1. The van der Waals surface area contributed by atoms with Gasteiger partial charge < -0.3 is 4.43 Å². The molecule has 2 atom stereocenters. The van der Waals surface area contributed by atoms with Crippen molar-refractivity contribution in [3.8, 4) is 0 Å². The van der Waals surface area contributed by atoms with Crippen molar-refractivity contribution in [3.05, 3.63) is 0 Å². The fourth-order valence-electron chi connectivity index (χ4n) is 2.11. The van der Waals surface area contributed by atoms with Gasteiger partial charge in [-0.25, -0.2) is 0 Å². The van der Waals surface area contributed by atoms with E-state index in [-0.39, 0.29) is 11.0 Å². The zero-order chi connectivity index (χ0) is 14.7. The van der Waals surface area contributed by atoms with Gasteiger partial charge in [0.05, 0.1) is 0 Å². The Hall–Kier alpha value is 0.577. The van der Waals surface area contributed by atoms with Crippen LogP contribution in [0.15, 0.2) is 0 Å². The van der Waals surface area contributed by atoms with Crippen LogP contribution in [0.4, 0.5) is 0 Å². The first-order valence-electron chi connectivity index (χ1n) is 7.44. The second kappa shape index (κ2) is 7.03. The quantitative estimate of drug-likeness (QED) is 0.383. The van der Waals surface area contributed by atoms with Crippen LogP contribution in [0.1, 0.15) is 52.9 Å². The highest BCUT2D eigenvalue weighted by molar-refractivity contribution is 14.1. The molecule has 0 bridgehead atoms. The Balaban J connectivity index is 2.60. The Morgan fingerprint density at radius 2 is 1.95 bits per heavy atom. The van der Waals surface area contributed by atoms with E-state index >= 15 is 0 Å². The van der Waals surface area contributed by atoms with E-state index in [1.807, 2.05) is 0 Å². The van der Waals surface area contributed by atoms with Gasteiger partial charge >= 0.3 is 0 Å². The van der Waals surface area contributed by atoms with Crippen LogP contribution in [-0.4, -0.2) is 24.6 Å². The maximum Gasteiger partial charge on any atom is 0.192 e. The smallest absolute Gasteiger partial charge is 0.192 e. The molecule has 0 spiro atoms. The average Bonchev–Trinajstić information content (AvgIpc) is 2.26. The van der Waals surface area contributed by atoms with E-state index in [2.05, 4.69) is 56.5 Å². The Labute approximate surface area is 133 Å². The molecule has 1 rings (SSSR count). The molecule has 0 radical (unpaired) electrons. The minimum atomic E-state index is -1.72. The fraction of sp³-hybridized carbons (Fsp3) is 0.933. The Morgan fingerprint density at radius 1 is 1.32 bits per heavy atom. The first-order chi connectivity index (χ1) is 8.63. The summed E-state index contributed by atoms with van der Waals surface area (Å²) in [5.41, 5.74) is 0. The van der Waals surface area contributed by atoms with Crippen LogP contribution in [0, 0.1) is 5.92 Å². The van der Waals surface area contributed by atoms with Crippen molar-refractivity contribution in [3.63, 3.8) is 0 Å². The molecule has 1 aliphatic rings. The van der Waals surface area contributed by atoms with Crippen molar-refractivity contribution in [2.24, 2.45) is 5.92 Å². The number of rotatable bonds is 3. The van der Waals surface area contributed by atoms with E-state index in [1.54, 1.807) is 0 Å². The van der Waals surface area contributed by atoms with Crippen molar-refractivity contribution < 1.29 is 9.22 Å². The molecule has 0 heterocycles. The number of carbonyl (C=O) groups excluding carboxylic acids is 1. The molecule has 112 valence electrons. The zero-order valence-corrected chi connectivity index (χ0v) is 16.2. The van der Waals surface area contributed by atoms with Gasteiger partial charge in [0.2, 0.25) is 0 Å². The molecule has 0 saturated heterocycles. The number of hydrogen-bond donors (Lipinski definition) is 0. The normalized spacial score (nSPS) is 26.9. The summed E-state index contributed by atoms with van der Waals surface area (Å²) in [6.07, 6.45) is 5.29. The maximum absolute atomic E-state index is 12.2. The van der Waals surface area contributed by atoms with Crippen molar-refractivity contribution in [1.82, 2.24) is 0 Å². The lowest BCUT2D eigenvalue weighted by molar-refractivity contribution is -0.124. The minimum Gasteiger partial charge on any atom is -0.416 e. The van der Waals surface area contributed by atoms with Crippen LogP contribution in [0.3, 0.4) is 0 Å². The van der Waals surface area contributed by atoms with Gasteiger partial charge in [0.1, 0.15) is 5.78 Å². The molecule has 1 fully saturated rings. The van der Waals surface area contributed by atoms with E-state index in [1.165, 1.54) is 12.8 Å². The lowest BCUT2D eigenvalue weighted by Crippen LogP contribution is -2.43. The highest BCUT2D eigenvalue weighted by Crippen LogP contribution is 2.37. The molecule has 1 saturated carbocycles. The molecule has 0 aromatic carbocycles. The van der Waals surface area contributed by atoms with Gasteiger partial charge in [0.15, 0.2) is 8.32 Å². The number of hydrogen-bond acceptors (Lipinski definition) is 2. The summed E-state index contributed by atoms with van der Waals surface area (Å²) >= 11 is 2.50.